The van der Waals surface area contributed by atoms with Crippen LogP contribution in [-0.2, 0) is 6.61 Å². The van der Waals surface area contributed by atoms with Crippen LogP contribution < -0.4 is 10.1 Å². The van der Waals surface area contributed by atoms with Gasteiger partial charge in [-0.2, -0.15) is 0 Å². The molecule has 0 fully saturated rings. The van der Waals surface area contributed by atoms with Crippen molar-refractivity contribution >= 4 is 39.5 Å². The van der Waals surface area contributed by atoms with Crippen molar-refractivity contribution in [3.63, 3.8) is 0 Å². The molecule has 0 aliphatic heterocycles. The van der Waals surface area contributed by atoms with Gasteiger partial charge in [-0.3, -0.25) is 0 Å². The molecule has 9 heteroatoms. The monoisotopic (exact) mass is 524 g/mol. The van der Waals surface area contributed by atoms with Gasteiger partial charge in [0.25, 0.3) is 0 Å². The van der Waals surface area contributed by atoms with Crippen LogP contribution in [0.25, 0.3) is 33.3 Å². The lowest BCUT2D eigenvalue weighted by molar-refractivity contribution is 0.307. The van der Waals surface area contributed by atoms with Gasteiger partial charge >= 0.3 is 0 Å². The number of rotatable bonds is 7. The molecular weight excluding hydrogens is 503 g/mol. The van der Waals surface area contributed by atoms with Gasteiger partial charge in [-0.05, 0) is 42.8 Å². The molecule has 38 heavy (non-hydrogen) atoms. The van der Waals surface area contributed by atoms with E-state index in [4.69, 9.17) is 21.3 Å². The van der Waals surface area contributed by atoms with Crippen LogP contribution in [0.3, 0.4) is 0 Å². The molecule has 188 valence electrons. The van der Waals surface area contributed by atoms with Crippen molar-refractivity contribution in [2.45, 2.75) is 19.6 Å². The summed E-state index contributed by atoms with van der Waals surface area (Å²) in [6, 6.07) is 21.6. The molecule has 1 atom stereocenters. The highest BCUT2D eigenvalue weighted by molar-refractivity contribution is 6.35. The summed E-state index contributed by atoms with van der Waals surface area (Å²) < 4.78 is 20.8. The third kappa shape index (κ3) is 4.62. The Balaban J connectivity index is 1.47. The predicted octanol–water partition coefficient (Wildman–Crippen LogP) is 7.11. The van der Waals surface area contributed by atoms with E-state index in [1.165, 1.54) is 18.5 Å². The van der Waals surface area contributed by atoms with E-state index in [0.29, 0.717) is 51.1 Å². The average molecular weight is 525 g/mol. The number of aromatic nitrogens is 5. The van der Waals surface area contributed by atoms with Crippen molar-refractivity contribution in [1.29, 1.82) is 0 Å². The fourth-order valence-corrected chi connectivity index (χ4v) is 4.65. The van der Waals surface area contributed by atoms with Gasteiger partial charge in [0.1, 0.15) is 30.0 Å². The summed E-state index contributed by atoms with van der Waals surface area (Å²) >= 11 is 6.53. The number of para-hydroxylation sites is 1. The molecular formula is C29H22ClFN6O. The third-order valence-electron chi connectivity index (χ3n) is 6.30. The quantitative estimate of drug-likeness (QED) is 0.231. The lowest BCUT2D eigenvalue weighted by Gasteiger charge is -2.21. The third-order valence-corrected chi connectivity index (χ3v) is 6.61. The maximum absolute atomic E-state index is 14.7. The zero-order valence-corrected chi connectivity index (χ0v) is 21.1. The number of halogens is 2. The number of aromatic amines is 1. The molecule has 0 bridgehead atoms. The van der Waals surface area contributed by atoms with E-state index >= 15 is 0 Å². The molecule has 0 aliphatic rings. The molecule has 7 nitrogen and oxygen atoms in total. The van der Waals surface area contributed by atoms with Gasteiger partial charge in [0.2, 0.25) is 0 Å². The Morgan fingerprint density at radius 3 is 2.74 bits per heavy atom. The Bertz CT molecular complexity index is 1760. The number of anilines is 1. The van der Waals surface area contributed by atoms with E-state index in [1.54, 1.807) is 18.5 Å². The van der Waals surface area contributed by atoms with E-state index in [0.717, 1.165) is 16.5 Å². The lowest BCUT2D eigenvalue weighted by atomic mass is 9.97. The van der Waals surface area contributed by atoms with Crippen molar-refractivity contribution < 1.29 is 9.13 Å². The Morgan fingerprint density at radius 1 is 1.00 bits per heavy atom. The van der Waals surface area contributed by atoms with Crippen molar-refractivity contribution in [3.8, 4) is 17.0 Å². The minimum absolute atomic E-state index is 0.285. The summed E-state index contributed by atoms with van der Waals surface area (Å²) in [6.07, 6.45) is 3.03. The van der Waals surface area contributed by atoms with Crippen molar-refractivity contribution in [2.24, 2.45) is 0 Å². The normalized spacial score (nSPS) is 12.1. The van der Waals surface area contributed by atoms with Crippen LogP contribution in [-0.4, -0.2) is 24.9 Å². The van der Waals surface area contributed by atoms with Gasteiger partial charge in [-0.15, -0.1) is 0 Å². The van der Waals surface area contributed by atoms with Crippen LogP contribution in [0.1, 0.15) is 24.1 Å². The molecule has 0 radical (unpaired) electrons. The molecule has 0 aliphatic carbocycles. The van der Waals surface area contributed by atoms with Crippen LogP contribution in [0.2, 0.25) is 5.02 Å². The number of benzene rings is 3. The van der Waals surface area contributed by atoms with Crippen LogP contribution in [0.4, 0.5) is 10.2 Å². The van der Waals surface area contributed by atoms with Gasteiger partial charge in [-0.1, -0.05) is 54.1 Å². The van der Waals surface area contributed by atoms with E-state index in [9.17, 15) is 4.39 Å². The average Bonchev–Trinajstić information content (AvgIpc) is 3.43. The molecule has 0 spiro atoms. The van der Waals surface area contributed by atoms with Gasteiger partial charge in [0.15, 0.2) is 11.5 Å². The second-order valence-electron chi connectivity index (χ2n) is 8.84. The minimum atomic E-state index is -0.394. The largest absolute Gasteiger partial charge is 0.488 e. The first-order valence-corrected chi connectivity index (χ1v) is 12.4. The zero-order valence-electron chi connectivity index (χ0n) is 20.3. The summed E-state index contributed by atoms with van der Waals surface area (Å²) in [5.41, 5.74) is 4.77. The van der Waals surface area contributed by atoms with E-state index in [2.05, 4.69) is 25.3 Å². The molecule has 0 saturated heterocycles. The number of ether oxygens (including phenoxy) is 1. The maximum Gasteiger partial charge on any atom is 0.182 e. The Kier molecular flexibility index (Phi) is 6.31. The minimum Gasteiger partial charge on any atom is -0.488 e. The second kappa shape index (κ2) is 10.1. The summed E-state index contributed by atoms with van der Waals surface area (Å²) in [5.74, 6) is 0.715. The number of imidazole rings is 1. The van der Waals surface area contributed by atoms with Gasteiger partial charge in [-0.25, -0.2) is 24.3 Å². The number of fused-ring (bicyclic) bond motifs is 2. The van der Waals surface area contributed by atoms with E-state index in [1.807, 2.05) is 55.5 Å². The van der Waals surface area contributed by atoms with Gasteiger partial charge < -0.3 is 15.0 Å². The molecule has 0 saturated carbocycles. The first-order valence-electron chi connectivity index (χ1n) is 12.0. The number of nitrogens with zero attached hydrogens (tertiary/aromatic N) is 4. The molecule has 3 aromatic carbocycles. The molecule has 3 aromatic heterocycles. The summed E-state index contributed by atoms with van der Waals surface area (Å²) in [6.45, 7) is 2.32. The van der Waals surface area contributed by atoms with E-state index < -0.39 is 5.82 Å². The van der Waals surface area contributed by atoms with Crippen LogP contribution >= 0.6 is 11.6 Å². The predicted molar refractivity (Wildman–Crippen MR) is 147 cm³/mol. The highest BCUT2D eigenvalue weighted by atomic mass is 35.5. The van der Waals surface area contributed by atoms with Crippen molar-refractivity contribution in [3.05, 3.63) is 107 Å². The number of nitrogens with one attached hydrogen (secondary N) is 2. The maximum atomic E-state index is 14.7. The summed E-state index contributed by atoms with van der Waals surface area (Å²) in [7, 11) is 0. The van der Waals surface area contributed by atoms with Gasteiger partial charge in [0, 0.05) is 16.5 Å². The number of hydrogen-bond acceptors (Lipinski definition) is 6. The topological polar surface area (TPSA) is 88.6 Å². The number of hydrogen-bond donors (Lipinski definition) is 2. The Hall–Kier alpha value is -4.56. The summed E-state index contributed by atoms with van der Waals surface area (Å²) in [4.78, 5) is 20.8. The Labute approximate surface area is 222 Å². The molecule has 0 unspecified atom stereocenters. The standard InChI is InChI=1S/C29H22ClFN6O/c1-17(36-29-27-28(33-15-32-27)34-16-35-29)21-12-19-8-5-9-23(30)25(19)37-26(21)22-13-20(31)10-11-24(22)38-14-18-6-3-2-4-7-18/h2-13,15-17H,14H2,1H3,(H2,32,33,34,35,36)/t17-/m0/s1. The molecule has 3 heterocycles. The fourth-order valence-electron chi connectivity index (χ4n) is 4.43. The number of pyridine rings is 1. The summed E-state index contributed by atoms with van der Waals surface area (Å²) in [5, 5.41) is 4.81. The SMILES string of the molecule is C[C@H](Nc1ncnc2nc[nH]c12)c1cc2cccc(Cl)c2nc1-c1cc(F)ccc1OCc1ccccc1. The van der Waals surface area contributed by atoms with E-state index in [-0.39, 0.29) is 6.04 Å². The second-order valence-corrected chi connectivity index (χ2v) is 9.25. The van der Waals surface area contributed by atoms with Crippen molar-refractivity contribution in [2.75, 3.05) is 5.32 Å². The Morgan fingerprint density at radius 2 is 1.87 bits per heavy atom. The highest BCUT2D eigenvalue weighted by Gasteiger charge is 2.21. The van der Waals surface area contributed by atoms with Crippen LogP contribution in [0, 0.1) is 5.82 Å². The number of H-pyrrole nitrogens is 1. The highest BCUT2D eigenvalue weighted by Crippen LogP contribution is 2.38. The van der Waals surface area contributed by atoms with Crippen molar-refractivity contribution in [1.82, 2.24) is 24.9 Å². The molecule has 0 amide bonds. The first kappa shape index (κ1) is 23.8. The molecule has 6 aromatic rings. The van der Waals surface area contributed by atoms with Crippen LogP contribution in [0.5, 0.6) is 5.75 Å². The van der Waals surface area contributed by atoms with Gasteiger partial charge in [0.05, 0.1) is 28.6 Å². The fraction of sp³-hybridized carbons (Fsp3) is 0.103. The smallest absolute Gasteiger partial charge is 0.182 e. The molecule has 2 N–H and O–H groups in total. The zero-order chi connectivity index (χ0) is 26.1. The molecule has 6 rings (SSSR count). The van der Waals surface area contributed by atoms with Crippen LogP contribution in [0.15, 0.2) is 85.5 Å². The lowest BCUT2D eigenvalue weighted by Crippen LogP contribution is -2.11. The first-order chi connectivity index (χ1) is 18.6.